The van der Waals surface area contributed by atoms with Gasteiger partial charge in [-0.2, -0.15) is 0 Å². The van der Waals surface area contributed by atoms with Crippen LogP contribution in [0.4, 0.5) is 11.4 Å². The van der Waals surface area contributed by atoms with Gasteiger partial charge in [-0.15, -0.1) is 0 Å². The lowest BCUT2D eigenvalue weighted by Gasteiger charge is -2.11. The van der Waals surface area contributed by atoms with E-state index in [-0.39, 0.29) is 23.9 Å². The molecule has 0 saturated carbocycles. The molecule has 0 spiro atoms. The van der Waals surface area contributed by atoms with E-state index in [1.807, 2.05) is 0 Å². The number of hydrogen-bond donors (Lipinski definition) is 3. The summed E-state index contributed by atoms with van der Waals surface area (Å²) < 4.78 is 4.98. The molecule has 1 amide bonds. The number of rotatable bonds is 6. The number of amides is 1. The molecule has 1 atom stereocenters. The highest BCUT2D eigenvalue weighted by molar-refractivity contribution is 5.99. The lowest BCUT2D eigenvalue weighted by molar-refractivity contribution is -0.385. The van der Waals surface area contributed by atoms with Crippen molar-refractivity contribution < 1.29 is 14.5 Å². The predicted octanol–water partition coefficient (Wildman–Crippen LogP) is 0.645. The summed E-state index contributed by atoms with van der Waals surface area (Å²) in [6.45, 7) is 2.03. The lowest BCUT2D eigenvalue weighted by atomic mass is 10.1. The van der Waals surface area contributed by atoms with Gasteiger partial charge in [0.2, 0.25) is 0 Å². The molecule has 0 aliphatic rings. The molecule has 0 radical (unpaired) electrons. The largest absolute Gasteiger partial charge is 0.380 e. The van der Waals surface area contributed by atoms with Crippen molar-refractivity contribution in [3.8, 4) is 0 Å². The maximum Gasteiger partial charge on any atom is 0.282 e. The second-order valence-corrected chi connectivity index (χ2v) is 3.89. The molecule has 4 N–H and O–H groups in total. The molecule has 1 rings (SSSR count). The zero-order valence-corrected chi connectivity index (χ0v) is 10.7. The molecule has 0 saturated heterocycles. The number of ether oxygens (including phenoxy) is 1. The van der Waals surface area contributed by atoms with Gasteiger partial charge in [0.05, 0.1) is 11.0 Å². The number of hydrazine groups is 1. The number of nitrogen functional groups attached to an aromatic ring is 1. The maximum atomic E-state index is 11.9. The van der Waals surface area contributed by atoms with Gasteiger partial charge in [-0.3, -0.25) is 20.8 Å². The molecular formula is C11H16N4O4. The lowest BCUT2D eigenvalue weighted by Crippen LogP contribution is -2.32. The van der Waals surface area contributed by atoms with E-state index in [0.29, 0.717) is 5.69 Å². The first-order valence-corrected chi connectivity index (χ1v) is 5.55. The highest BCUT2D eigenvalue weighted by Crippen LogP contribution is 2.22. The van der Waals surface area contributed by atoms with Gasteiger partial charge in [-0.1, -0.05) is 0 Å². The van der Waals surface area contributed by atoms with Crippen molar-refractivity contribution in [1.82, 2.24) is 5.32 Å². The number of carbonyl (C=O) groups excluding carboxylic acids is 1. The van der Waals surface area contributed by atoms with Gasteiger partial charge in [0.25, 0.3) is 11.6 Å². The molecule has 0 aliphatic heterocycles. The Morgan fingerprint density at radius 2 is 2.26 bits per heavy atom. The topological polar surface area (TPSA) is 120 Å². The smallest absolute Gasteiger partial charge is 0.282 e. The second kappa shape index (κ2) is 6.66. The molecule has 1 unspecified atom stereocenters. The van der Waals surface area contributed by atoms with E-state index in [2.05, 4.69) is 10.7 Å². The molecule has 0 aromatic heterocycles. The summed E-state index contributed by atoms with van der Waals surface area (Å²) in [6.07, 6.45) is -0.182. The molecular weight excluding hydrogens is 252 g/mol. The number of hydrogen-bond acceptors (Lipinski definition) is 6. The first kappa shape index (κ1) is 14.9. The van der Waals surface area contributed by atoms with Gasteiger partial charge in [0, 0.05) is 25.4 Å². The number of carbonyl (C=O) groups is 1. The fourth-order valence-electron chi connectivity index (χ4n) is 1.38. The number of benzene rings is 1. The summed E-state index contributed by atoms with van der Waals surface area (Å²) in [5, 5.41) is 13.4. The van der Waals surface area contributed by atoms with Crippen LogP contribution < -0.4 is 16.6 Å². The molecule has 8 nitrogen and oxygen atoms in total. The highest BCUT2D eigenvalue weighted by Gasteiger charge is 2.20. The fraction of sp³-hybridized carbons (Fsp3) is 0.364. The van der Waals surface area contributed by atoms with E-state index in [1.165, 1.54) is 25.3 Å². The Morgan fingerprint density at radius 3 is 2.79 bits per heavy atom. The SMILES string of the molecule is COC(C)CNC(=O)c1cc(NN)ccc1[N+](=O)[O-]. The van der Waals surface area contributed by atoms with E-state index < -0.39 is 10.8 Å². The number of nitrogens with zero attached hydrogens (tertiary/aromatic N) is 1. The highest BCUT2D eigenvalue weighted by atomic mass is 16.6. The first-order valence-electron chi connectivity index (χ1n) is 5.55. The van der Waals surface area contributed by atoms with Gasteiger partial charge in [-0.25, -0.2) is 0 Å². The van der Waals surface area contributed by atoms with Crippen LogP contribution in [-0.2, 0) is 4.74 Å². The standard InChI is InChI=1S/C11H16N4O4/c1-7(19-2)6-13-11(16)9-5-8(14-12)3-4-10(9)15(17)18/h3-5,7,14H,6,12H2,1-2H3,(H,13,16). The van der Waals surface area contributed by atoms with Crippen molar-refractivity contribution in [2.45, 2.75) is 13.0 Å². The van der Waals surface area contributed by atoms with Crippen LogP contribution in [0.2, 0.25) is 0 Å². The zero-order valence-electron chi connectivity index (χ0n) is 10.7. The van der Waals surface area contributed by atoms with E-state index in [0.717, 1.165) is 0 Å². The molecule has 0 fully saturated rings. The van der Waals surface area contributed by atoms with E-state index >= 15 is 0 Å². The van der Waals surface area contributed by atoms with Crippen molar-refractivity contribution in [3.05, 3.63) is 33.9 Å². The van der Waals surface area contributed by atoms with Gasteiger partial charge in [0.1, 0.15) is 5.56 Å². The van der Waals surface area contributed by atoms with Crippen LogP contribution in [0.25, 0.3) is 0 Å². The monoisotopic (exact) mass is 268 g/mol. The third kappa shape index (κ3) is 3.90. The summed E-state index contributed by atoms with van der Waals surface area (Å²) in [7, 11) is 1.51. The van der Waals surface area contributed by atoms with Gasteiger partial charge in [-0.05, 0) is 19.1 Å². The average molecular weight is 268 g/mol. The van der Waals surface area contributed by atoms with E-state index in [4.69, 9.17) is 10.6 Å². The maximum absolute atomic E-state index is 11.9. The molecule has 104 valence electrons. The van der Waals surface area contributed by atoms with Crippen LogP contribution in [0.15, 0.2) is 18.2 Å². The summed E-state index contributed by atoms with van der Waals surface area (Å²) in [4.78, 5) is 22.2. The number of nitrogens with one attached hydrogen (secondary N) is 2. The van der Waals surface area contributed by atoms with Crippen LogP contribution >= 0.6 is 0 Å². The Kier molecular flexibility index (Phi) is 5.22. The van der Waals surface area contributed by atoms with Crippen LogP contribution in [-0.4, -0.2) is 30.6 Å². The van der Waals surface area contributed by atoms with Crippen LogP contribution in [0.1, 0.15) is 17.3 Å². The number of methoxy groups -OCH3 is 1. The molecule has 1 aromatic rings. The average Bonchev–Trinajstić information content (AvgIpc) is 2.43. The van der Waals surface area contributed by atoms with Crippen molar-refractivity contribution in [1.29, 1.82) is 0 Å². The molecule has 0 aliphatic carbocycles. The van der Waals surface area contributed by atoms with Crippen molar-refractivity contribution in [3.63, 3.8) is 0 Å². The van der Waals surface area contributed by atoms with Gasteiger partial charge < -0.3 is 15.5 Å². The molecule has 1 aromatic carbocycles. The fourth-order valence-corrected chi connectivity index (χ4v) is 1.38. The van der Waals surface area contributed by atoms with E-state index in [1.54, 1.807) is 6.92 Å². The Bertz CT molecular complexity index is 478. The molecule has 8 heteroatoms. The van der Waals surface area contributed by atoms with Crippen molar-refractivity contribution in [2.24, 2.45) is 5.84 Å². The predicted molar refractivity (Wildman–Crippen MR) is 69.7 cm³/mol. The van der Waals surface area contributed by atoms with Crippen LogP contribution in [0, 0.1) is 10.1 Å². The van der Waals surface area contributed by atoms with Crippen molar-refractivity contribution >= 4 is 17.3 Å². The van der Waals surface area contributed by atoms with Crippen LogP contribution in [0.3, 0.4) is 0 Å². The Hall–Kier alpha value is -2.19. The minimum atomic E-state index is -0.616. The van der Waals surface area contributed by atoms with Crippen molar-refractivity contribution in [2.75, 3.05) is 19.1 Å². The number of nitro groups is 1. The summed E-state index contributed by atoms with van der Waals surface area (Å²) >= 11 is 0. The Labute approximate surface area is 110 Å². The Morgan fingerprint density at radius 1 is 1.58 bits per heavy atom. The minimum absolute atomic E-state index is 0.0521. The number of anilines is 1. The Balaban J connectivity index is 2.95. The second-order valence-electron chi connectivity index (χ2n) is 3.89. The van der Waals surface area contributed by atoms with Gasteiger partial charge >= 0.3 is 0 Å². The number of nitrogens with two attached hydrogens (primary N) is 1. The van der Waals surface area contributed by atoms with E-state index in [9.17, 15) is 14.9 Å². The zero-order chi connectivity index (χ0) is 14.4. The van der Waals surface area contributed by atoms with Gasteiger partial charge in [0.15, 0.2) is 0 Å². The molecule has 19 heavy (non-hydrogen) atoms. The van der Waals surface area contributed by atoms with Crippen LogP contribution in [0.5, 0.6) is 0 Å². The summed E-state index contributed by atoms with van der Waals surface area (Å²) in [6, 6.07) is 3.97. The summed E-state index contributed by atoms with van der Waals surface area (Å²) in [5.74, 6) is 4.67. The minimum Gasteiger partial charge on any atom is -0.380 e. The summed E-state index contributed by atoms with van der Waals surface area (Å²) in [5.41, 5.74) is 2.42. The molecule has 0 bridgehead atoms. The third-order valence-corrected chi connectivity index (χ3v) is 2.56. The molecule has 0 heterocycles. The number of nitro benzene ring substituents is 1. The first-order chi connectivity index (χ1) is 8.99. The third-order valence-electron chi connectivity index (χ3n) is 2.56. The quantitative estimate of drug-likeness (QED) is 0.396. The normalized spacial score (nSPS) is 11.7.